The molecule has 3 N–H and O–H groups in total. The normalized spacial score (nSPS) is 14.4. The molecule has 4 heteroatoms. The van der Waals surface area contributed by atoms with Crippen LogP contribution >= 0.6 is 0 Å². The number of ether oxygens (including phenoxy) is 1. The maximum absolute atomic E-state index is 11.4. The van der Waals surface area contributed by atoms with Gasteiger partial charge in [-0.1, -0.05) is 18.2 Å². The maximum atomic E-state index is 11.4. The van der Waals surface area contributed by atoms with Crippen molar-refractivity contribution >= 4 is 5.97 Å². The van der Waals surface area contributed by atoms with Crippen molar-refractivity contribution < 1.29 is 14.6 Å². The van der Waals surface area contributed by atoms with Crippen LogP contribution in [0.4, 0.5) is 0 Å². The SMILES string of the molecule is COC(=O)c1ccccc1[C@@H](N)[C@H](C)O. The summed E-state index contributed by atoms with van der Waals surface area (Å²) >= 11 is 0. The molecule has 0 radical (unpaired) electrons. The molecule has 1 aromatic carbocycles. The zero-order valence-corrected chi connectivity index (χ0v) is 8.81. The molecule has 1 rings (SSSR count). The number of hydrogen-bond donors (Lipinski definition) is 2. The van der Waals surface area contributed by atoms with Crippen molar-refractivity contribution in [3.63, 3.8) is 0 Å². The molecule has 2 atom stereocenters. The third-order valence-electron chi connectivity index (χ3n) is 2.24. The van der Waals surface area contributed by atoms with Crippen molar-refractivity contribution in [2.45, 2.75) is 19.1 Å². The Hall–Kier alpha value is -1.39. The summed E-state index contributed by atoms with van der Waals surface area (Å²) in [6, 6.07) is 6.25. The van der Waals surface area contributed by atoms with E-state index in [2.05, 4.69) is 4.74 Å². The standard InChI is InChI=1S/C11H15NO3/c1-7(13)10(12)8-5-3-4-6-9(8)11(14)15-2/h3-7,10,13H,12H2,1-2H3/t7-,10-/m0/s1. The van der Waals surface area contributed by atoms with E-state index in [0.717, 1.165) is 0 Å². The average molecular weight is 209 g/mol. The number of hydrogen-bond acceptors (Lipinski definition) is 4. The quantitative estimate of drug-likeness (QED) is 0.724. The Kier molecular flexibility index (Phi) is 3.82. The van der Waals surface area contributed by atoms with Gasteiger partial charge in [0.25, 0.3) is 0 Å². The number of aliphatic hydroxyl groups excluding tert-OH is 1. The molecular weight excluding hydrogens is 194 g/mol. The Morgan fingerprint density at radius 2 is 2.07 bits per heavy atom. The van der Waals surface area contributed by atoms with Crippen molar-refractivity contribution in [2.24, 2.45) is 5.73 Å². The van der Waals surface area contributed by atoms with Gasteiger partial charge >= 0.3 is 5.97 Å². The predicted molar refractivity (Wildman–Crippen MR) is 56.4 cm³/mol. The molecule has 0 spiro atoms. The van der Waals surface area contributed by atoms with Crippen LogP contribution in [0.1, 0.15) is 28.9 Å². The van der Waals surface area contributed by atoms with Crippen LogP contribution in [0.15, 0.2) is 24.3 Å². The fourth-order valence-electron chi connectivity index (χ4n) is 1.34. The predicted octanol–water partition coefficient (Wildman–Crippen LogP) is 0.854. The van der Waals surface area contributed by atoms with Crippen molar-refractivity contribution in [1.82, 2.24) is 0 Å². The minimum atomic E-state index is -0.712. The lowest BCUT2D eigenvalue weighted by Crippen LogP contribution is -2.25. The Morgan fingerprint density at radius 3 is 2.60 bits per heavy atom. The highest BCUT2D eigenvalue weighted by Gasteiger charge is 2.19. The van der Waals surface area contributed by atoms with E-state index >= 15 is 0 Å². The topological polar surface area (TPSA) is 72.5 Å². The Balaban J connectivity index is 3.11. The highest BCUT2D eigenvalue weighted by atomic mass is 16.5. The van der Waals surface area contributed by atoms with Crippen LogP contribution in [-0.2, 0) is 4.74 Å². The third kappa shape index (κ3) is 2.55. The van der Waals surface area contributed by atoms with Crippen molar-refractivity contribution in [2.75, 3.05) is 7.11 Å². The van der Waals surface area contributed by atoms with E-state index < -0.39 is 18.1 Å². The van der Waals surface area contributed by atoms with E-state index in [-0.39, 0.29) is 0 Å². The van der Waals surface area contributed by atoms with Gasteiger partial charge in [-0.15, -0.1) is 0 Å². The molecule has 0 aromatic heterocycles. The third-order valence-corrected chi connectivity index (χ3v) is 2.24. The molecule has 82 valence electrons. The molecule has 0 unspecified atom stereocenters. The number of methoxy groups -OCH3 is 1. The van der Waals surface area contributed by atoms with Crippen LogP contribution in [0.2, 0.25) is 0 Å². The second kappa shape index (κ2) is 4.91. The first kappa shape index (κ1) is 11.7. The maximum Gasteiger partial charge on any atom is 0.338 e. The minimum Gasteiger partial charge on any atom is -0.465 e. The number of aliphatic hydroxyl groups is 1. The Morgan fingerprint density at radius 1 is 1.47 bits per heavy atom. The summed E-state index contributed by atoms with van der Waals surface area (Å²) in [5.41, 5.74) is 6.77. The summed E-state index contributed by atoms with van der Waals surface area (Å²) < 4.78 is 4.63. The highest BCUT2D eigenvalue weighted by Crippen LogP contribution is 2.19. The number of nitrogens with two attached hydrogens (primary N) is 1. The highest BCUT2D eigenvalue weighted by molar-refractivity contribution is 5.91. The van der Waals surface area contributed by atoms with E-state index in [1.165, 1.54) is 7.11 Å². The van der Waals surface area contributed by atoms with E-state index in [9.17, 15) is 9.90 Å². The van der Waals surface area contributed by atoms with Crippen molar-refractivity contribution in [3.8, 4) is 0 Å². The molecule has 4 nitrogen and oxygen atoms in total. The first-order valence-corrected chi connectivity index (χ1v) is 4.68. The molecule has 0 fully saturated rings. The molecule has 15 heavy (non-hydrogen) atoms. The molecule has 0 amide bonds. The summed E-state index contributed by atoms with van der Waals surface area (Å²) in [4.78, 5) is 11.4. The summed E-state index contributed by atoms with van der Waals surface area (Å²) in [5, 5.41) is 9.38. The number of carbonyl (C=O) groups is 1. The van der Waals surface area contributed by atoms with Gasteiger partial charge in [0, 0.05) is 0 Å². The van der Waals surface area contributed by atoms with Gasteiger partial charge in [0.2, 0.25) is 0 Å². The van der Waals surface area contributed by atoms with Crippen LogP contribution in [-0.4, -0.2) is 24.3 Å². The molecule has 0 aliphatic carbocycles. The van der Waals surface area contributed by atoms with Gasteiger partial charge in [0.1, 0.15) is 0 Å². The number of esters is 1. The van der Waals surface area contributed by atoms with Gasteiger partial charge in [-0.05, 0) is 18.6 Å². The van der Waals surface area contributed by atoms with Crippen molar-refractivity contribution in [3.05, 3.63) is 35.4 Å². The zero-order chi connectivity index (χ0) is 11.4. The summed E-state index contributed by atoms with van der Waals surface area (Å²) in [5.74, 6) is -0.443. The fraction of sp³-hybridized carbons (Fsp3) is 0.364. The molecule has 1 aromatic rings. The summed E-state index contributed by atoms with van der Waals surface area (Å²) in [7, 11) is 1.31. The smallest absolute Gasteiger partial charge is 0.338 e. The molecule has 0 aliphatic heterocycles. The fourth-order valence-corrected chi connectivity index (χ4v) is 1.34. The van der Waals surface area contributed by atoms with Crippen LogP contribution in [0.5, 0.6) is 0 Å². The number of benzene rings is 1. The van der Waals surface area contributed by atoms with Crippen LogP contribution in [0.3, 0.4) is 0 Å². The second-order valence-corrected chi connectivity index (χ2v) is 3.35. The minimum absolute atomic E-state index is 0.397. The van der Waals surface area contributed by atoms with Gasteiger partial charge in [0.15, 0.2) is 0 Å². The molecule has 0 heterocycles. The van der Waals surface area contributed by atoms with Crippen LogP contribution in [0, 0.1) is 0 Å². The van der Waals surface area contributed by atoms with E-state index in [4.69, 9.17) is 5.73 Å². The van der Waals surface area contributed by atoms with Crippen LogP contribution < -0.4 is 5.73 Å². The molecular formula is C11H15NO3. The Labute approximate surface area is 88.7 Å². The first-order valence-electron chi connectivity index (χ1n) is 4.68. The summed E-state index contributed by atoms with van der Waals surface area (Å²) in [6.07, 6.45) is -0.712. The largest absolute Gasteiger partial charge is 0.465 e. The first-order chi connectivity index (χ1) is 7.07. The lowest BCUT2D eigenvalue weighted by atomic mass is 9.98. The summed E-state index contributed by atoms with van der Waals surface area (Å²) in [6.45, 7) is 1.58. The molecule has 0 bridgehead atoms. The molecule has 0 saturated heterocycles. The average Bonchev–Trinajstić information content (AvgIpc) is 2.27. The number of carbonyl (C=O) groups excluding carboxylic acids is 1. The van der Waals surface area contributed by atoms with E-state index in [1.54, 1.807) is 31.2 Å². The van der Waals surface area contributed by atoms with Gasteiger partial charge in [-0.2, -0.15) is 0 Å². The van der Waals surface area contributed by atoms with Gasteiger partial charge in [0.05, 0.1) is 24.8 Å². The monoisotopic (exact) mass is 209 g/mol. The van der Waals surface area contributed by atoms with E-state index in [0.29, 0.717) is 11.1 Å². The van der Waals surface area contributed by atoms with Gasteiger partial charge < -0.3 is 15.6 Å². The van der Waals surface area contributed by atoms with Gasteiger partial charge in [-0.25, -0.2) is 4.79 Å². The zero-order valence-electron chi connectivity index (χ0n) is 8.81. The number of rotatable bonds is 3. The van der Waals surface area contributed by atoms with Crippen molar-refractivity contribution in [1.29, 1.82) is 0 Å². The molecule has 0 aliphatic rings. The van der Waals surface area contributed by atoms with E-state index in [1.807, 2.05) is 0 Å². The van der Waals surface area contributed by atoms with Crippen LogP contribution in [0.25, 0.3) is 0 Å². The van der Waals surface area contributed by atoms with Gasteiger partial charge in [-0.3, -0.25) is 0 Å². The Bertz CT molecular complexity index is 349. The lowest BCUT2D eigenvalue weighted by molar-refractivity contribution is 0.0597. The lowest BCUT2D eigenvalue weighted by Gasteiger charge is -2.17. The second-order valence-electron chi connectivity index (χ2n) is 3.35. The molecule has 0 saturated carbocycles.